The van der Waals surface area contributed by atoms with E-state index in [1.807, 2.05) is 11.5 Å². The van der Waals surface area contributed by atoms with Crippen molar-refractivity contribution in [1.82, 2.24) is 20.0 Å². The summed E-state index contributed by atoms with van der Waals surface area (Å²) in [5.74, 6) is 0.681. The lowest BCUT2D eigenvalue weighted by molar-refractivity contribution is 0.0943. The third-order valence-corrected chi connectivity index (χ3v) is 3.07. The molecule has 7 heteroatoms. The summed E-state index contributed by atoms with van der Waals surface area (Å²) in [4.78, 5) is 16.0. The molecule has 0 atom stereocenters. The van der Waals surface area contributed by atoms with Crippen molar-refractivity contribution in [3.63, 3.8) is 0 Å². The molecule has 0 bridgehead atoms. The number of amides is 1. The molecule has 0 aliphatic rings. The zero-order valence-corrected chi connectivity index (χ0v) is 11.4. The van der Waals surface area contributed by atoms with Gasteiger partial charge in [0.25, 0.3) is 5.91 Å². The number of imidazole rings is 1. The lowest BCUT2D eigenvalue weighted by Crippen LogP contribution is -2.27. The second-order valence-corrected chi connectivity index (χ2v) is 4.54. The number of hydrogen-bond donors (Lipinski definition) is 1. The highest BCUT2D eigenvalue weighted by Gasteiger charge is 2.14. The molecule has 21 heavy (non-hydrogen) atoms. The minimum Gasteiger partial charge on any atom is -0.461 e. The fourth-order valence-corrected chi connectivity index (χ4v) is 1.92. The Morgan fingerprint density at radius 1 is 1.43 bits per heavy atom. The van der Waals surface area contributed by atoms with E-state index in [-0.39, 0.29) is 11.6 Å². The molecule has 3 rings (SSSR count). The number of aryl methyl sites for hydroxylation is 1. The van der Waals surface area contributed by atoms with Gasteiger partial charge in [0, 0.05) is 31.0 Å². The summed E-state index contributed by atoms with van der Waals surface area (Å²) in [6.45, 7) is 3.10. The molecule has 0 saturated heterocycles. The van der Waals surface area contributed by atoms with E-state index < -0.39 is 0 Å². The molecule has 0 saturated carbocycles. The first kappa shape index (κ1) is 13.2. The van der Waals surface area contributed by atoms with Gasteiger partial charge >= 0.3 is 0 Å². The lowest BCUT2D eigenvalue weighted by atomic mass is 10.3. The average molecular weight is 286 g/mol. The predicted octanol–water partition coefficient (Wildman–Crippen LogP) is 1.87. The number of nitrogens with one attached hydrogen (secondary N) is 1. The first-order valence-electron chi connectivity index (χ1n) is 6.49. The molecule has 0 unspecified atom stereocenters. The molecule has 1 amide bonds. The summed E-state index contributed by atoms with van der Waals surface area (Å²) in [6.07, 6.45) is 5.03. The van der Waals surface area contributed by atoms with E-state index in [0.29, 0.717) is 24.6 Å². The fourth-order valence-electron chi connectivity index (χ4n) is 1.92. The number of nitrogens with zero attached hydrogens (tertiary/aromatic N) is 3. The van der Waals surface area contributed by atoms with Gasteiger partial charge < -0.3 is 18.8 Å². The highest BCUT2D eigenvalue weighted by atomic mass is 16.5. The van der Waals surface area contributed by atoms with Gasteiger partial charge in [-0.2, -0.15) is 0 Å². The van der Waals surface area contributed by atoms with E-state index in [2.05, 4.69) is 15.5 Å². The van der Waals surface area contributed by atoms with Gasteiger partial charge in [0.1, 0.15) is 0 Å². The van der Waals surface area contributed by atoms with Crippen molar-refractivity contribution in [3.05, 3.63) is 48.4 Å². The highest BCUT2D eigenvalue weighted by Crippen LogP contribution is 2.20. The van der Waals surface area contributed by atoms with Gasteiger partial charge in [0.15, 0.2) is 11.5 Å². The molecule has 3 heterocycles. The van der Waals surface area contributed by atoms with Crippen LogP contribution in [0, 0.1) is 6.92 Å². The second-order valence-electron chi connectivity index (χ2n) is 4.54. The number of rotatable bonds is 5. The van der Waals surface area contributed by atoms with Gasteiger partial charge in [-0.05, 0) is 19.1 Å². The van der Waals surface area contributed by atoms with Crippen LogP contribution in [0.4, 0.5) is 0 Å². The summed E-state index contributed by atoms with van der Waals surface area (Å²) < 4.78 is 12.2. The summed E-state index contributed by atoms with van der Waals surface area (Å²) in [5, 5.41) is 6.52. The Hall–Kier alpha value is -2.83. The number of aromatic nitrogens is 3. The monoisotopic (exact) mass is 286 g/mol. The SMILES string of the molecule is Cc1cncn1CCNC(=O)c1cc(-c2ccco2)on1. The molecule has 0 aromatic carbocycles. The topological polar surface area (TPSA) is 86.1 Å². The Bertz CT molecular complexity index is 727. The Labute approximate surface area is 120 Å². The minimum atomic E-state index is -0.283. The standard InChI is InChI=1S/C14H14N4O3/c1-10-8-15-9-18(10)5-4-16-14(19)11-7-13(21-17-11)12-3-2-6-20-12/h2-3,6-9H,4-5H2,1H3,(H,16,19). The molecule has 0 radical (unpaired) electrons. The first-order valence-corrected chi connectivity index (χ1v) is 6.49. The van der Waals surface area contributed by atoms with Crippen molar-refractivity contribution in [2.75, 3.05) is 6.54 Å². The van der Waals surface area contributed by atoms with Crippen LogP contribution in [0.25, 0.3) is 11.5 Å². The van der Waals surface area contributed by atoms with Crippen LogP contribution >= 0.6 is 0 Å². The van der Waals surface area contributed by atoms with Crippen LogP contribution in [0.1, 0.15) is 16.2 Å². The van der Waals surface area contributed by atoms with Crippen LogP contribution in [0.3, 0.4) is 0 Å². The molecule has 1 N–H and O–H groups in total. The third kappa shape index (κ3) is 2.86. The fraction of sp³-hybridized carbons (Fsp3) is 0.214. The molecule has 0 fully saturated rings. The maximum atomic E-state index is 12.0. The van der Waals surface area contributed by atoms with Crippen molar-refractivity contribution < 1.29 is 13.7 Å². The maximum Gasteiger partial charge on any atom is 0.273 e. The zero-order valence-electron chi connectivity index (χ0n) is 11.4. The van der Waals surface area contributed by atoms with Crippen molar-refractivity contribution in [2.45, 2.75) is 13.5 Å². The molecular formula is C14H14N4O3. The van der Waals surface area contributed by atoms with E-state index in [1.54, 1.807) is 30.7 Å². The molecule has 3 aromatic heterocycles. The van der Waals surface area contributed by atoms with Crippen molar-refractivity contribution in [2.24, 2.45) is 0 Å². The van der Waals surface area contributed by atoms with Crippen molar-refractivity contribution in [3.8, 4) is 11.5 Å². The normalized spacial score (nSPS) is 10.7. The van der Waals surface area contributed by atoms with Gasteiger partial charge in [-0.15, -0.1) is 0 Å². The highest BCUT2D eigenvalue weighted by molar-refractivity contribution is 5.92. The predicted molar refractivity (Wildman–Crippen MR) is 73.5 cm³/mol. The molecule has 0 aliphatic heterocycles. The number of carbonyl (C=O) groups excluding carboxylic acids is 1. The minimum absolute atomic E-state index is 0.226. The number of furan rings is 1. The van der Waals surface area contributed by atoms with Crippen molar-refractivity contribution >= 4 is 5.91 Å². The van der Waals surface area contributed by atoms with Gasteiger partial charge in [-0.1, -0.05) is 5.16 Å². The molecule has 108 valence electrons. The average Bonchev–Trinajstić information content (AvgIpc) is 3.19. The lowest BCUT2D eigenvalue weighted by Gasteiger charge is -2.05. The Balaban J connectivity index is 1.57. The molecular weight excluding hydrogens is 272 g/mol. The summed E-state index contributed by atoms with van der Waals surface area (Å²) in [7, 11) is 0. The Morgan fingerprint density at radius 2 is 2.33 bits per heavy atom. The third-order valence-electron chi connectivity index (χ3n) is 3.07. The molecule has 7 nitrogen and oxygen atoms in total. The van der Waals surface area contributed by atoms with Crippen molar-refractivity contribution in [1.29, 1.82) is 0 Å². The maximum absolute atomic E-state index is 12.0. The largest absolute Gasteiger partial charge is 0.461 e. The molecule has 3 aromatic rings. The van der Waals surface area contributed by atoms with Gasteiger partial charge in [-0.3, -0.25) is 4.79 Å². The van der Waals surface area contributed by atoms with Crippen LogP contribution in [0.15, 0.2) is 45.9 Å². The first-order chi connectivity index (χ1) is 10.2. The van der Waals surface area contributed by atoms with Gasteiger partial charge in [0.05, 0.1) is 12.6 Å². The Morgan fingerprint density at radius 3 is 3.05 bits per heavy atom. The quantitative estimate of drug-likeness (QED) is 0.773. The molecule has 0 aliphatic carbocycles. The van der Waals surface area contributed by atoms with E-state index in [4.69, 9.17) is 8.94 Å². The summed E-state index contributed by atoms with van der Waals surface area (Å²) in [6, 6.07) is 5.03. The summed E-state index contributed by atoms with van der Waals surface area (Å²) in [5.41, 5.74) is 1.27. The Kier molecular flexibility index (Phi) is 3.55. The van der Waals surface area contributed by atoms with Crippen LogP contribution in [-0.2, 0) is 6.54 Å². The van der Waals surface area contributed by atoms with Crippen LogP contribution < -0.4 is 5.32 Å². The summed E-state index contributed by atoms with van der Waals surface area (Å²) >= 11 is 0. The van der Waals surface area contributed by atoms with E-state index in [9.17, 15) is 4.79 Å². The van der Waals surface area contributed by atoms with E-state index >= 15 is 0 Å². The van der Waals surface area contributed by atoms with Gasteiger partial charge in [0.2, 0.25) is 5.76 Å². The van der Waals surface area contributed by atoms with Crippen LogP contribution in [0.2, 0.25) is 0 Å². The van der Waals surface area contributed by atoms with E-state index in [0.717, 1.165) is 5.69 Å². The second kappa shape index (κ2) is 5.66. The number of carbonyl (C=O) groups is 1. The van der Waals surface area contributed by atoms with Crippen LogP contribution in [0.5, 0.6) is 0 Å². The number of hydrogen-bond acceptors (Lipinski definition) is 5. The van der Waals surface area contributed by atoms with Crippen LogP contribution in [-0.4, -0.2) is 27.2 Å². The smallest absolute Gasteiger partial charge is 0.273 e. The van der Waals surface area contributed by atoms with Gasteiger partial charge in [-0.25, -0.2) is 4.98 Å². The zero-order chi connectivity index (χ0) is 14.7. The van der Waals surface area contributed by atoms with E-state index in [1.165, 1.54) is 6.26 Å². The molecule has 0 spiro atoms.